The van der Waals surface area contributed by atoms with E-state index in [-0.39, 0.29) is 0 Å². The molecule has 1 aromatic heterocycles. The van der Waals surface area contributed by atoms with Crippen LogP contribution in [0.5, 0.6) is 0 Å². The molecule has 0 spiro atoms. The first-order chi connectivity index (χ1) is 8.84. The second kappa shape index (κ2) is 5.39. The van der Waals surface area contributed by atoms with Crippen molar-refractivity contribution >= 4 is 0 Å². The Morgan fingerprint density at radius 2 is 2.00 bits per heavy atom. The van der Waals surface area contributed by atoms with Gasteiger partial charge in [0.25, 0.3) is 0 Å². The Kier molecular flexibility index (Phi) is 3.64. The second-order valence-corrected chi connectivity index (χ2v) is 5.86. The molecule has 1 aliphatic heterocycles. The van der Waals surface area contributed by atoms with Gasteiger partial charge < -0.3 is 4.74 Å². The van der Waals surface area contributed by atoms with E-state index in [2.05, 4.69) is 17.1 Å². The van der Waals surface area contributed by atoms with Crippen LogP contribution in [0.1, 0.15) is 68.9 Å². The maximum absolute atomic E-state index is 5.49. The van der Waals surface area contributed by atoms with Crippen LogP contribution in [0.25, 0.3) is 0 Å². The Bertz CT molecular complexity index is 384. The Balaban J connectivity index is 1.71. The molecule has 1 N–H and O–H groups in total. The van der Waals surface area contributed by atoms with E-state index < -0.39 is 0 Å². The van der Waals surface area contributed by atoms with Crippen molar-refractivity contribution in [1.29, 1.82) is 0 Å². The highest BCUT2D eigenvalue weighted by molar-refractivity contribution is 5.04. The number of ether oxygens (including phenoxy) is 1. The van der Waals surface area contributed by atoms with Gasteiger partial charge in [-0.15, -0.1) is 0 Å². The fourth-order valence-corrected chi connectivity index (χ4v) is 3.28. The van der Waals surface area contributed by atoms with Crippen LogP contribution in [0.2, 0.25) is 0 Å². The summed E-state index contributed by atoms with van der Waals surface area (Å²) in [5, 5.41) is 7.66. The van der Waals surface area contributed by atoms with E-state index in [1.54, 1.807) is 0 Å². The van der Waals surface area contributed by atoms with Crippen LogP contribution in [0.4, 0.5) is 0 Å². The van der Waals surface area contributed by atoms with Crippen LogP contribution in [0.15, 0.2) is 0 Å². The Hall–Kier alpha value is -0.900. The van der Waals surface area contributed by atoms with Gasteiger partial charge in [0.15, 0.2) is 5.82 Å². The SMILES string of the molecule is CC1COCCC1c1nc(C2CCCCC2)n[nH]1. The molecule has 3 rings (SSSR count). The fourth-order valence-electron chi connectivity index (χ4n) is 3.28. The van der Waals surface area contributed by atoms with Gasteiger partial charge in [-0.2, -0.15) is 5.10 Å². The third-order valence-corrected chi connectivity index (χ3v) is 4.48. The summed E-state index contributed by atoms with van der Waals surface area (Å²) >= 11 is 0. The molecule has 2 aliphatic rings. The van der Waals surface area contributed by atoms with Gasteiger partial charge in [0.1, 0.15) is 5.82 Å². The molecule has 1 aromatic rings. The molecule has 2 fully saturated rings. The van der Waals surface area contributed by atoms with E-state index in [0.29, 0.717) is 17.8 Å². The second-order valence-electron chi connectivity index (χ2n) is 5.86. The normalized spacial score (nSPS) is 30.5. The molecule has 0 bridgehead atoms. The zero-order valence-electron chi connectivity index (χ0n) is 11.2. The maximum Gasteiger partial charge on any atom is 0.153 e. The molecule has 0 radical (unpaired) electrons. The number of nitrogens with zero attached hydrogens (tertiary/aromatic N) is 2. The summed E-state index contributed by atoms with van der Waals surface area (Å²) in [6.07, 6.45) is 7.65. The van der Waals surface area contributed by atoms with E-state index in [9.17, 15) is 0 Å². The number of rotatable bonds is 2. The number of hydrogen-bond donors (Lipinski definition) is 1. The van der Waals surface area contributed by atoms with Crippen molar-refractivity contribution in [2.75, 3.05) is 13.2 Å². The summed E-state index contributed by atoms with van der Waals surface area (Å²) in [4.78, 5) is 4.79. The molecule has 4 heteroatoms. The molecule has 100 valence electrons. The van der Waals surface area contributed by atoms with E-state index >= 15 is 0 Å². The van der Waals surface area contributed by atoms with Crippen molar-refractivity contribution in [2.45, 2.75) is 57.3 Å². The van der Waals surface area contributed by atoms with Gasteiger partial charge in [-0.1, -0.05) is 26.2 Å². The van der Waals surface area contributed by atoms with Gasteiger partial charge in [0.2, 0.25) is 0 Å². The van der Waals surface area contributed by atoms with Crippen molar-refractivity contribution in [3.05, 3.63) is 11.6 Å². The summed E-state index contributed by atoms with van der Waals surface area (Å²) in [5.41, 5.74) is 0. The molecular weight excluding hydrogens is 226 g/mol. The van der Waals surface area contributed by atoms with Crippen LogP contribution < -0.4 is 0 Å². The van der Waals surface area contributed by atoms with Gasteiger partial charge in [0, 0.05) is 25.0 Å². The lowest BCUT2D eigenvalue weighted by Gasteiger charge is -2.26. The molecular formula is C14H23N3O. The monoisotopic (exact) mass is 249 g/mol. The summed E-state index contributed by atoms with van der Waals surface area (Å²) in [6.45, 7) is 3.95. The predicted molar refractivity (Wildman–Crippen MR) is 69.5 cm³/mol. The van der Waals surface area contributed by atoms with Crippen LogP contribution in [0, 0.1) is 5.92 Å². The average molecular weight is 249 g/mol. The number of aromatic amines is 1. The molecule has 1 saturated heterocycles. The summed E-state index contributed by atoms with van der Waals surface area (Å²) in [7, 11) is 0. The van der Waals surface area contributed by atoms with Crippen LogP contribution in [-0.4, -0.2) is 28.4 Å². The van der Waals surface area contributed by atoms with Crippen molar-refractivity contribution in [3.63, 3.8) is 0 Å². The van der Waals surface area contributed by atoms with Crippen molar-refractivity contribution in [2.24, 2.45) is 5.92 Å². The molecule has 4 nitrogen and oxygen atoms in total. The summed E-state index contributed by atoms with van der Waals surface area (Å²) < 4.78 is 5.49. The van der Waals surface area contributed by atoms with E-state index in [1.165, 1.54) is 32.1 Å². The predicted octanol–water partition coefficient (Wildman–Crippen LogP) is 2.99. The fraction of sp³-hybridized carbons (Fsp3) is 0.857. The number of H-pyrrole nitrogens is 1. The number of aromatic nitrogens is 3. The largest absolute Gasteiger partial charge is 0.381 e. The van der Waals surface area contributed by atoms with Crippen molar-refractivity contribution < 1.29 is 4.74 Å². The lowest BCUT2D eigenvalue weighted by Crippen LogP contribution is -2.24. The average Bonchev–Trinajstić information content (AvgIpc) is 2.90. The lowest BCUT2D eigenvalue weighted by atomic mass is 9.88. The topological polar surface area (TPSA) is 50.8 Å². The van der Waals surface area contributed by atoms with Gasteiger partial charge in [-0.05, 0) is 25.2 Å². The van der Waals surface area contributed by atoms with E-state index in [0.717, 1.165) is 31.3 Å². The molecule has 2 atom stereocenters. The molecule has 0 aromatic carbocycles. The molecule has 1 aliphatic carbocycles. The summed E-state index contributed by atoms with van der Waals surface area (Å²) in [6, 6.07) is 0. The van der Waals surface area contributed by atoms with E-state index in [4.69, 9.17) is 9.72 Å². The zero-order valence-corrected chi connectivity index (χ0v) is 11.2. The highest BCUT2D eigenvalue weighted by Gasteiger charge is 2.28. The molecule has 2 unspecified atom stereocenters. The third kappa shape index (κ3) is 2.44. The Morgan fingerprint density at radius 3 is 2.78 bits per heavy atom. The first-order valence-electron chi connectivity index (χ1n) is 7.34. The lowest BCUT2D eigenvalue weighted by molar-refractivity contribution is 0.0453. The first-order valence-corrected chi connectivity index (χ1v) is 7.34. The van der Waals surface area contributed by atoms with Crippen molar-refractivity contribution in [3.8, 4) is 0 Å². The summed E-state index contributed by atoms with van der Waals surface area (Å²) in [5.74, 6) is 3.79. The molecule has 1 saturated carbocycles. The Labute approximate surface area is 109 Å². The van der Waals surface area contributed by atoms with Crippen LogP contribution in [-0.2, 0) is 4.74 Å². The standard InChI is InChI=1S/C14H23N3O/c1-10-9-18-8-7-12(10)14-15-13(16-17-14)11-5-3-2-4-6-11/h10-12H,2-9H2,1H3,(H,15,16,17). The molecule has 0 amide bonds. The minimum Gasteiger partial charge on any atom is -0.381 e. The molecule has 18 heavy (non-hydrogen) atoms. The van der Waals surface area contributed by atoms with Gasteiger partial charge >= 0.3 is 0 Å². The highest BCUT2D eigenvalue weighted by atomic mass is 16.5. The smallest absolute Gasteiger partial charge is 0.153 e. The third-order valence-electron chi connectivity index (χ3n) is 4.48. The number of nitrogens with one attached hydrogen (secondary N) is 1. The zero-order chi connectivity index (χ0) is 12.4. The van der Waals surface area contributed by atoms with Crippen LogP contribution >= 0.6 is 0 Å². The quantitative estimate of drug-likeness (QED) is 0.876. The first kappa shape index (κ1) is 12.2. The molecule has 2 heterocycles. The van der Waals surface area contributed by atoms with Gasteiger partial charge in [-0.3, -0.25) is 5.10 Å². The highest BCUT2D eigenvalue weighted by Crippen LogP contribution is 2.33. The van der Waals surface area contributed by atoms with Crippen molar-refractivity contribution in [1.82, 2.24) is 15.2 Å². The minimum absolute atomic E-state index is 0.503. The van der Waals surface area contributed by atoms with Gasteiger partial charge in [-0.25, -0.2) is 4.98 Å². The minimum atomic E-state index is 0.503. The van der Waals surface area contributed by atoms with Crippen LogP contribution in [0.3, 0.4) is 0 Å². The maximum atomic E-state index is 5.49. The van der Waals surface area contributed by atoms with Gasteiger partial charge in [0.05, 0.1) is 0 Å². The number of hydrogen-bond acceptors (Lipinski definition) is 3. The van der Waals surface area contributed by atoms with E-state index in [1.807, 2.05) is 0 Å². The Morgan fingerprint density at radius 1 is 1.17 bits per heavy atom.